The van der Waals surface area contributed by atoms with E-state index >= 15 is 0 Å². The highest BCUT2D eigenvalue weighted by Crippen LogP contribution is 2.30. The number of halogens is 3. The lowest BCUT2D eigenvalue weighted by Gasteiger charge is -2.09. The Morgan fingerprint density at radius 2 is 1.83 bits per heavy atom. The van der Waals surface area contributed by atoms with E-state index in [1.807, 2.05) is 6.07 Å². The maximum atomic E-state index is 12.2. The fraction of sp³-hybridized carbons (Fsp3) is 0.312. The average Bonchev–Trinajstić information content (AvgIpc) is 2.92. The third-order valence-electron chi connectivity index (χ3n) is 3.57. The van der Waals surface area contributed by atoms with Crippen LogP contribution in [-0.4, -0.2) is 12.3 Å². The molecule has 0 bridgehead atoms. The third-order valence-corrected chi connectivity index (χ3v) is 4.80. The van der Waals surface area contributed by atoms with Crippen molar-refractivity contribution < 1.29 is 22.7 Å². The van der Waals surface area contributed by atoms with E-state index < -0.39 is 6.36 Å². The molecule has 3 rings (SSSR count). The number of carbonyl (C=O) groups excluding carboxylic acids is 1. The van der Waals surface area contributed by atoms with Crippen molar-refractivity contribution in [3.8, 4) is 5.75 Å². The zero-order valence-corrected chi connectivity index (χ0v) is 12.9. The fourth-order valence-electron chi connectivity index (χ4n) is 2.54. The Morgan fingerprint density at radius 1 is 1.13 bits per heavy atom. The summed E-state index contributed by atoms with van der Waals surface area (Å²) in [5.41, 5.74) is 1.66. The first kappa shape index (κ1) is 15.9. The number of hydrogen-bond donors (Lipinski definition) is 1. The highest BCUT2D eigenvalue weighted by atomic mass is 32.1. The highest BCUT2D eigenvalue weighted by molar-refractivity contribution is 7.14. The number of anilines is 1. The smallest absolute Gasteiger partial charge is 0.406 e. The number of fused-ring (bicyclic) bond motifs is 1. The Bertz CT molecular complexity index is 684. The molecule has 0 unspecified atom stereocenters. The van der Waals surface area contributed by atoms with Crippen LogP contribution in [-0.2, 0) is 12.8 Å². The molecule has 0 saturated carbocycles. The fourth-order valence-corrected chi connectivity index (χ4v) is 3.68. The molecule has 122 valence electrons. The van der Waals surface area contributed by atoms with Crippen LogP contribution in [0.2, 0.25) is 0 Å². The monoisotopic (exact) mass is 341 g/mol. The summed E-state index contributed by atoms with van der Waals surface area (Å²) in [4.78, 5) is 14.1. The first-order valence-corrected chi connectivity index (χ1v) is 8.01. The number of thiophene rings is 1. The van der Waals surface area contributed by atoms with Gasteiger partial charge < -0.3 is 10.1 Å². The van der Waals surface area contributed by atoms with Crippen molar-refractivity contribution in [2.24, 2.45) is 0 Å². The number of benzene rings is 1. The average molecular weight is 341 g/mol. The van der Waals surface area contributed by atoms with Crippen LogP contribution in [0.25, 0.3) is 0 Å². The van der Waals surface area contributed by atoms with E-state index in [2.05, 4.69) is 10.1 Å². The molecule has 1 heterocycles. The summed E-state index contributed by atoms with van der Waals surface area (Å²) in [7, 11) is 0. The van der Waals surface area contributed by atoms with Crippen molar-refractivity contribution in [1.82, 2.24) is 0 Å². The van der Waals surface area contributed by atoms with Crippen molar-refractivity contribution in [3.05, 3.63) is 45.6 Å². The predicted octanol–water partition coefficient (Wildman–Crippen LogP) is 4.78. The minimum absolute atomic E-state index is 0.242. The van der Waals surface area contributed by atoms with Gasteiger partial charge in [0.1, 0.15) is 5.75 Å². The van der Waals surface area contributed by atoms with Crippen molar-refractivity contribution in [2.45, 2.75) is 32.0 Å². The molecule has 0 aliphatic heterocycles. The maximum Gasteiger partial charge on any atom is 0.573 e. The van der Waals surface area contributed by atoms with Gasteiger partial charge in [0.2, 0.25) is 0 Å². The molecule has 3 nitrogen and oxygen atoms in total. The number of nitrogens with one attached hydrogen (secondary N) is 1. The molecular formula is C16H14F3NO2S. The molecule has 0 spiro atoms. The molecular weight excluding hydrogens is 327 g/mol. The summed E-state index contributed by atoms with van der Waals surface area (Å²) in [5.74, 6) is -0.559. The summed E-state index contributed by atoms with van der Waals surface area (Å²) < 4.78 is 40.1. The second-order valence-corrected chi connectivity index (χ2v) is 6.43. The lowest BCUT2D eigenvalue weighted by molar-refractivity contribution is -0.274. The second kappa shape index (κ2) is 6.23. The third kappa shape index (κ3) is 4.04. The number of alkyl halides is 3. The molecule has 7 heteroatoms. The van der Waals surface area contributed by atoms with Crippen LogP contribution in [0.5, 0.6) is 5.75 Å². The summed E-state index contributed by atoms with van der Waals surface area (Å²) >= 11 is 1.49. The topological polar surface area (TPSA) is 38.3 Å². The van der Waals surface area contributed by atoms with Crippen LogP contribution >= 0.6 is 11.3 Å². The van der Waals surface area contributed by atoms with Crippen LogP contribution in [0.15, 0.2) is 30.3 Å². The SMILES string of the molecule is O=C(Nc1ccc(OC(F)(F)F)cc1)c1cc2c(s1)CCCC2. The Hall–Kier alpha value is -2.02. The maximum absolute atomic E-state index is 12.2. The van der Waals surface area contributed by atoms with E-state index in [9.17, 15) is 18.0 Å². The number of rotatable bonds is 3. The lowest BCUT2D eigenvalue weighted by Crippen LogP contribution is -2.17. The number of aryl methyl sites for hydroxylation is 2. The first-order valence-electron chi connectivity index (χ1n) is 7.19. The normalized spacial score (nSPS) is 14.2. The van der Waals surface area contributed by atoms with E-state index in [-0.39, 0.29) is 11.7 Å². The van der Waals surface area contributed by atoms with E-state index in [1.54, 1.807) is 0 Å². The molecule has 1 N–H and O–H groups in total. The van der Waals surface area contributed by atoms with Crippen LogP contribution < -0.4 is 10.1 Å². The standard InChI is InChI=1S/C16H14F3NO2S/c17-16(18,19)22-12-7-5-11(6-8-12)20-15(21)14-9-10-3-1-2-4-13(10)23-14/h5-9H,1-4H2,(H,20,21). The van der Waals surface area contributed by atoms with Crippen LogP contribution in [0, 0.1) is 0 Å². The minimum Gasteiger partial charge on any atom is -0.406 e. The Kier molecular flexibility index (Phi) is 4.30. The van der Waals surface area contributed by atoms with Gasteiger partial charge in [0.05, 0.1) is 4.88 Å². The Morgan fingerprint density at radius 3 is 2.48 bits per heavy atom. The molecule has 1 aliphatic carbocycles. The van der Waals surface area contributed by atoms with Gasteiger partial charge in [-0.05, 0) is 61.6 Å². The number of ether oxygens (including phenoxy) is 1. The molecule has 2 aromatic rings. The van der Waals surface area contributed by atoms with Gasteiger partial charge in [0, 0.05) is 10.6 Å². The van der Waals surface area contributed by atoms with Crippen LogP contribution in [0.1, 0.15) is 33.0 Å². The van der Waals surface area contributed by atoms with E-state index in [4.69, 9.17) is 0 Å². The van der Waals surface area contributed by atoms with Gasteiger partial charge in [-0.3, -0.25) is 4.79 Å². The minimum atomic E-state index is -4.72. The number of carbonyl (C=O) groups is 1. The molecule has 0 saturated heterocycles. The van der Waals surface area contributed by atoms with E-state index in [0.29, 0.717) is 10.6 Å². The van der Waals surface area contributed by atoms with Gasteiger partial charge in [-0.1, -0.05) is 0 Å². The highest BCUT2D eigenvalue weighted by Gasteiger charge is 2.31. The van der Waals surface area contributed by atoms with Gasteiger partial charge in [-0.2, -0.15) is 0 Å². The largest absolute Gasteiger partial charge is 0.573 e. The molecule has 1 aromatic heterocycles. The van der Waals surface area contributed by atoms with Gasteiger partial charge in [0.25, 0.3) is 5.91 Å². The van der Waals surface area contributed by atoms with Crippen molar-refractivity contribution >= 4 is 22.9 Å². The summed E-state index contributed by atoms with van der Waals surface area (Å²) in [6.07, 6.45) is -0.416. The van der Waals surface area contributed by atoms with Gasteiger partial charge in [0.15, 0.2) is 0 Å². The van der Waals surface area contributed by atoms with Gasteiger partial charge in [-0.25, -0.2) is 0 Å². The Balaban J connectivity index is 1.67. The Labute approximate surface area is 135 Å². The molecule has 23 heavy (non-hydrogen) atoms. The number of amides is 1. The molecule has 1 aromatic carbocycles. The van der Waals surface area contributed by atoms with Crippen molar-refractivity contribution in [2.75, 3.05) is 5.32 Å². The molecule has 1 aliphatic rings. The van der Waals surface area contributed by atoms with Gasteiger partial charge in [-0.15, -0.1) is 24.5 Å². The second-order valence-electron chi connectivity index (χ2n) is 5.29. The van der Waals surface area contributed by atoms with E-state index in [1.165, 1.54) is 46.0 Å². The van der Waals surface area contributed by atoms with Gasteiger partial charge >= 0.3 is 6.36 Å². The number of hydrogen-bond acceptors (Lipinski definition) is 3. The summed E-state index contributed by atoms with van der Waals surface area (Å²) in [6.45, 7) is 0. The predicted molar refractivity (Wildman–Crippen MR) is 82.0 cm³/mol. The summed E-state index contributed by atoms with van der Waals surface area (Å²) in [5, 5.41) is 2.69. The molecule has 0 fully saturated rings. The summed E-state index contributed by atoms with van der Waals surface area (Å²) in [6, 6.07) is 7.01. The van der Waals surface area contributed by atoms with Crippen molar-refractivity contribution in [3.63, 3.8) is 0 Å². The first-order chi connectivity index (χ1) is 10.9. The van der Waals surface area contributed by atoms with E-state index in [0.717, 1.165) is 25.7 Å². The van der Waals surface area contributed by atoms with Crippen molar-refractivity contribution in [1.29, 1.82) is 0 Å². The lowest BCUT2D eigenvalue weighted by atomic mass is 9.99. The molecule has 1 amide bonds. The zero-order chi connectivity index (χ0) is 16.4. The van der Waals surface area contributed by atoms with Crippen LogP contribution in [0.4, 0.5) is 18.9 Å². The molecule has 0 radical (unpaired) electrons. The quantitative estimate of drug-likeness (QED) is 0.873. The zero-order valence-electron chi connectivity index (χ0n) is 12.1. The molecule has 0 atom stereocenters. The van der Waals surface area contributed by atoms with Crippen LogP contribution in [0.3, 0.4) is 0 Å².